The molecule has 20 heavy (non-hydrogen) atoms. The van der Waals surface area contributed by atoms with Crippen LogP contribution in [0, 0.1) is 10.1 Å². The van der Waals surface area contributed by atoms with Crippen LogP contribution in [0.15, 0.2) is 22.7 Å². The first-order valence-corrected chi connectivity index (χ1v) is 6.39. The van der Waals surface area contributed by atoms with Crippen LogP contribution < -0.4 is 5.32 Å². The number of rotatable bonds is 5. The number of hydrogen-bond donors (Lipinski definition) is 1. The Kier molecular flexibility index (Phi) is 3.97. The summed E-state index contributed by atoms with van der Waals surface area (Å²) in [6.45, 7) is 5.75. The summed E-state index contributed by atoms with van der Waals surface area (Å²) in [5, 5.41) is 18.0. The van der Waals surface area contributed by atoms with E-state index in [1.807, 2.05) is 20.8 Å². The molecule has 106 valence electrons. The predicted molar refractivity (Wildman–Crippen MR) is 74.5 cm³/mol. The van der Waals surface area contributed by atoms with Crippen molar-refractivity contribution in [1.29, 1.82) is 0 Å². The van der Waals surface area contributed by atoms with E-state index >= 15 is 0 Å². The molecule has 0 radical (unpaired) electrons. The highest BCUT2D eigenvalue weighted by atomic mass is 16.6. The Morgan fingerprint density at radius 2 is 2.20 bits per heavy atom. The molecule has 0 aliphatic carbocycles. The lowest BCUT2D eigenvalue weighted by atomic mass is 10.1. The van der Waals surface area contributed by atoms with E-state index in [-0.39, 0.29) is 11.7 Å². The Bertz CT molecular complexity index is 622. The molecule has 0 saturated heterocycles. The van der Waals surface area contributed by atoms with Crippen molar-refractivity contribution in [3.63, 3.8) is 0 Å². The molecule has 0 spiro atoms. The largest absolute Gasteiger partial charge is 0.377 e. The smallest absolute Gasteiger partial charge is 0.293 e. The number of aryl methyl sites for hydroxylation is 1. The Hall–Kier alpha value is -2.44. The first-order chi connectivity index (χ1) is 9.51. The molecule has 2 rings (SSSR count). The summed E-state index contributed by atoms with van der Waals surface area (Å²) in [5.74, 6) is 0.869. The van der Waals surface area contributed by atoms with E-state index in [9.17, 15) is 10.1 Å². The third-order valence-electron chi connectivity index (χ3n) is 2.67. The lowest BCUT2D eigenvalue weighted by Crippen LogP contribution is -2.11. The Morgan fingerprint density at radius 1 is 1.45 bits per heavy atom. The Morgan fingerprint density at radius 3 is 2.75 bits per heavy atom. The summed E-state index contributed by atoms with van der Waals surface area (Å²) >= 11 is 0. The van der Waals surface area contributed by atoms with Gasteiger partial charge in [-0.1, -0.05) is 12.1 Å². The minimum Gasteiger partial charge on any atom is -0.377 e. The van der Waals surface area contributed by atoms with Gasteiger partial charge in [-0.15, -0.1) is 0 Å². The fraction of sp³-hybridized carbons (Fsp3) is 0.385. The van der Waals surface area contributed by atoms with Crippen molar-refractivity contribution in [1.82, 2.24) is 10.1 Å². The minimum atomic E-state index is -0.425. The van der Waals surface area contributed by atoms with E-state index in [0.717, 1.165) is 0 Å². The molecule has 0 aliphatic heterocycles. The molecular weight excluding hydrogens is 260 g/mol. The Labute approximate surface area is 116 Å². The van der Waals surface area contributed by atoms with Crippen LogP contribution in [0.25, 0.3) is 11.5 Å². The number of anilines is 1. The van der Waals surface area contributed by atoms with Crippen LogP contribution in [0.5, 0.6) is 0 Å². The van der Waals surface area contributed by atoms with Crippen molar-refractivity contribution >= 4 is 11.4 Å². The van der Waals surface area contributed by atoms with Crippen molar-refractivity contribution in [3.8, 4) is 11.5 Å². The predicted octanol–water partition coefficient (Wildman–Crippen LogP) is 3.03. The second-order valence-corrected chi connectivity index (χ2v) is 4.66. The molecule has 2 aromatic rings. The maximum absolute atomic E-state index is 11.1. The van der Waals surface area contributed by atoms with Gasteiger partial charge in [0.15, 0.2) is 5.82 Å². The number of aromatic nitrogens is 2. The van der Waals surface area contributed by atoms with Gasteiger partial charge in [-0.3, -0.25) is 10.1 Å². The molecule has 0 saturated carbocycles. The molecule has 1 aromatic heterocycles. The molecule has 7 heteroatoms. The van der Waals surface area contributed by atoms with Gasteiger partial charge in [0.25, 0.3) is 11.6 Å². The SMILES string of the molecule is CCc1noc(-c2ccc(NC(C)C)c([N+](=O)[O-])c2)n1. The number of benzene rings is 1. The zero-order valence-electron chi connectivity index (χ0n) is 11.6. The average Bonchev–Trinajstić information content (AvgIpc) is 2.87. The van der Waals surface area contributed by atoms with Crippen molar-refractivity contribution in [2.75, 3.05) is 5.32 Å². The van der Waals surface area contributed by atoms with E-state index < -0.39 is 4.92 Å². The first kappa shape index (κ1) is 14.0. The molecule has 1 aromatic carbocycles. The maximum atomic E-state index is 11.1. The summed E-state index contributed by atoms with van der Waals surface area (Å²) in [5.41, 5.74) is 1.01. The number of nitro benzene ring substituents is 1. The highest BCUT2D eigenvalue weighted by Gasteiger charge is 2.18. The average molecular weight is 276 g/mol. The molecule has 1 N–H and O–H groups in total. The molecule has 0 unspecified atom stereocenters. The highest BCUT2D eigenvalue weighted by molar-refractivity contribution is 5.70. The van der Waals surface area contributed by atoms with Gasteiger partial charge in [-0.2, -0.15) is 4.98 Å². The number of nitro groups is 1. The topological polar surface area (TPSA) is 94.1 Å². The molecule has 7 nitrogen and oxygen atoms in total. The van der Waals surface area contributed by atoms with E-state index in [1.54, 1.807) is 12.1 Å². The van der Waals surface area contributed by atoms with E-state index in [0.29, 0.717) is 29.4 Å². The third-order valence-corrected chi connectivity index (χ3v) is 2.67. The first-order valence-electron chi connectivity index (χ1n) is 6.39. The molecule has 0 fully saturated rings. The van der Waals surface area contributed by atoms with Crippen molar-refractivity contribution in [3.05, 3.63) is 34.1 Å². The van der Waals surface area contributed by atoms with Crippen molar-refractivity contribution in [2.45, 2.75) is 33.2 Å². The van der Waals surface area contributed by atoms with E-state index in [1.165, 1.54) is 6.07 Å². The molecule has 0 bridgehead atoms. The van der Waals surface area contributed by atoms with Crippen LogP contribution >= 0.6 is 0 Å². The van der Waals surface area contributed by atoms with E-state index in [4.69, 9.17) is 4.52 Å². The summed E-state index contributed by atoms with van der Waals surface area (Å²) in [6, 6.07) is 4.93. The Balaban J connectivity index is 2.41. The van der Waals surface area contributed by atoms with Gasteiger partial charge in [0.05, 0.1) is 4.92 Å². The second-order valence-electron chi connectivity index (χ2n) is 4.66. The molecule has 1 heterocycles. The van der Waals surface area contributed by atoms with E-state index in [2.05, 4.69) is 15.5 Å². The fourth-order valence-corrected chi connectivity index (χ4v) is 1.76. The van der Waals surface area contributed by atoms with Crippen LogP contribution in [-0.2, 0) is 6.42 Å². The summed E-state index contributed by atoms with van der Waals surface area (Å²) in [4.78, 5) is 14.9. The zero-order valence-corrected chi connectivity index (χ0v) is 11.6. The minimum absolute atomic E-state index is 0.00699. The van der Waals surface area contributed by atoms with Gasteiger partial charge in [-0.05, 0) is 26.0 Å². The van der Waals surface area contributed by atoms with Gasteiger partial charge < -0.3 is 9.84 Å². The summed E-state index contributed by atoms with van der Waals surface area (Å²) in [7, 11) is 0. The van der Waals surface area contributed by atoms with Gasteiger partial charge in [0, 0.05) is 24.1 Å². The normalized spacial score (nSPS) is 10.8. The lowest BCUT2D eigenvalue weighted by molar-refractivity contribution is -0.383. The quantitative estimate of drug-likeness (QED) is 0.666. The summed E-state index contributed by atoms with van der Waals surface area (Å²) < 4.78 is 5.09. The highest BCUT2D eigenvalue weighted by Crippen LogP contribution is 2.30. The van der Waals surface area contributed by atoms with Crippen LogP contribution in [-0.4, -0.2) is 21.1 Å². The monoisotopic (exact) mass is 276 g/mol. The van der Waals surface area contributed by atoms with Gasteiger partial charge in [0.2, 0.25) is 0 Å². The van der Waals surface area contributed by atoms with Crippen LogP contribution in [0.2, 0.25) is 0 Å². The van der Waals surface area contributed by atoms with Gasteiger partial charge in [-0.25, -0.2) is 0 Å². The van der Waals surface area contributed by atoms with Crippen LogP contribution in [0.3, 0.4) is 0 Å². The van der Waals surface area contributed by atoms with Gasteiger partial charge in [0.1, 0.15) is 5.69 Å². The maximum Gasteiger partial charge on any atom is 0.293 e. The lowest BCUT2D eigenvalue weighted by Gasteiger charge is -2.10. The number of nitrogens with zero attached hydrogens (tertiary/aromatic N) is 3. The molecular formula is C13H16N4O3. The molecule has 0 amide bonds. The second kappa shape index (κ2) is 5.68. The zero-order chi connectivity index (χ0) is 14.7. The summed E-state index contributed by atoms with van der Waals surface area (Å²) in [6.07, 6.45) is 0.651. The van der Waals surface area contributed by atoms with Gasteiger partial charge >= 0.3 is 0 Å². The van der Waals surface area contributed by atoms with Crippen LogP contribution in [0.1, 0.15) is 26.6 Å². The van der Waals surface area contributed by atoms with Crippen LogP contribution in [0.4, 0.5) is 11.4 Å². The van der Waals surface area contributed by atoms with Crippen molar-refractivity contribution < 1.29 is 9.45 Å². The standard InChI is InChI=1S/C13H16N4O3/c1-4-12-15-13(20-16-12)9-5-6-10(14-8(2)3)11(7-9)17(18)19/h5-8,14H,4H2,1-3H3. The fourth-order valence-electron chi connectivity index (χ4n) is 1.76. The molecule has 0 aliphatic rings. The number of hydrogen-bond acceptors (Lipinski definition) is 6. The molecule has 0 atom stereocenters. The van der Waals surface area contributed by atoms with Crippen molar-refractivity contribution in [2.24, 2.45) is 0 Å². The third kappa shape index (κ3) is 2.93. The number of nitrogens with one attached hydrogen (secondary N) is 1.